The number of fused-ring (bicyclic) bond motifs is 1. The Morgan fingerprint density at radius 2 is 1.83 bits per heavy atom. The summed E-state index contributed by atoms with van der Waals surface area (Å²) in [6.45, 7) is 7.37. The molecule has 0 aliphatic carbocycles. The maximum atomic E-state index is 12.7. The molecule has 0 bridgehead atoms. The van der Waals surface area contributed by atoms with Crippen molar-refractivity contribution >= 4 is 5.91 Å². The van der Waals surface area contributed by atoms with E-state index < -0.39 is 0 Å². The zero-order chi connectivity index (χ0) is 25.7. The Balaban J connectivity index is 1.50. The van der Waals surface area contributed by atoms with Gasteiger partial charge in [0.25, 0.3) is 5.91 Å². The number of methoxy groups -OCH3 is 3. The molecule has 4 rings (SSSR count). The molecule has 36 heavy (non-hydrogen) atoms. The van der Waals surface area contributed by atoms with Gasteiger partial charge >= 0.3 is 0 Å². The number of ether oxygens (including phenoxy) is 3. The van der Waals surface area contributed by atoms with E-state index >= 15 is 0 Å². The van der Waals surface area contributed by atoms with Crippen molar-refractivity contribution in [2.24, 2.45) is 5.92 Å². The Bertz CT molecular complexity index is 1130. The highest BCUT2D eigenvalue weighted by atomic mass is 16.5. The van der Waals surface area contributed by atoms with Gasteiger partial charge in [0, 0.05) is 32.6 Å². The van der Waals surface area contributed by atoms with Crippen LogP contribution in [0.2, 0.25) is 0 Å². The van der Waals surface area contributed by atoms with Gasteiger partial charge in [-0.1, -0.05) is 13.8 Å². The van der Waals surface area contributed by atoms with Crippen LogP contribution >= 0.6 is 0 Å². The average Bonchev–Trinajstić information content (AvgIpc) is 3.51. The van der Waals surface area contributed by atoms with Gasteiger partial charge in [0.15, 0.2) is 23.1 Å². The standard InChI is InChI=1S/C26H35N5O5/c1-17(2)13-19(27-26(32)20-7-6-12-36-20)25-29-28-23-8-9-30(10-11-31(23)25)16-18-14-21(33-3)24(35-5)22(15-18)34-4/h6-7,12,14-15,17,19H,8-11,13,16H2,1-5H3,(H,27,32). The van der Waals surface area contributed by atoms with E-state index in [1.807, 2.05) is 12.1 Å². The minimum Gasteiger partial charge on any atom is -0.493 e. The molecule has 1 atom stereocenters. The molecular formula is C26H35N5O5. The second kappa shape index (κ2) is 11.5. The predicted octanol–water partition coefficient (Wildman–Crippen LogP) is 3.47. The summed E-state index contributed by atoms with van der Waals surface area (Å²) in [5, 5.41) is 12.1. The van der Waals surface area contributed by atoms with E-state index in [2.05, 4.69) is 38.8 Å². The van der Waals surface area contributed by atoms with E-state index in [0.29, 0.717) is 23.2 Å². The molecule has 1 amide bonds. The monoisotopic (exact) mass is 497 g/mol. The smallest absolute Gasteiger partial charge is 0.287 e. The van der Waals surface area contributed by atoms with Crippen molar-refractivity contribution in [1.29, 1.82) is 0 Å². The zero-order valence-electron chi connectivity index (χ0n) is 21.6. The third-order valence-electron chi connectivity index (χ3n) is 6.35. The maximum Gasteiger partial charge on any atom is 0.287 e. The van der Waals surface area contributed by atoms with Gasteiger partial charge in [-0.3, -0.25) is 9.69 Å². The summed E-state index contributed by atoms with van der Waals surface area (Å²) < 4.78 is 23.9. The Morgan fingerprint density at radius 3 is 2.44 bits per heavy atom. The van der Waals surface area contributed by atoms with Crippen molar-refractivity contribution in [2.75, 3.05) is 34.4 Å². The van der Waals surface area contributed by atoms with Crippen LogP contribution in [0.5, 0.6) is 17.2 Å². The largest absolute Gasteiger partial charge is 0.493 e. The molecular weight excluding hydrogens is 462 g/mol. The number of rotatable bonds is 10. The number of furan rings is 1. The summed E-state index contributed by atoms with van der Waals surface area (Å²) in [6, 6.07) is 7.08. The Labute approximate surface area is 211 Å². The maximum absolute atomic E-state index is 12.7. The summed E-state index contributed by atoms with van der Waals surface area (Å²) in [5.41, 5.74) is 1.07. The molecule has 1 N–H and O–H groups in total. The summed E-state index contributed by atoms with van der Waals surface area (Å²) in [5.74, 6) is 3.99. The number of benzene rings is 1. The van der Waals surface area contributed by atoms with Gasteiger partial charge in [-0.2, -0.15) is 0 Å². The topological polar surface area (TPSA) is 104 Å². The zero-order valence-corrected chi connectivity index (χ0v) is 21.6. The second-order valence-electron chi connectivity index (χ2n) is 9.32. The average molecular weight is 498 g/mol. The number of carbonyl (C=O) groups excluding carboxylic acids is 1. The third-order valence-corrected chi connectivity index (χ3v) is 6.35. The number of amides is 1. The molecule has 0 fully saturated rings. The lowest BCUT2D eigenvalue weighted by atomic mass is 10.0. The molecule has 0 spiro atoms. The molecule has 0 radical (unpaired) electrons. The molecule has 1 aromatic carbocycles. The third kappa shape index (κ3) is 5.64. The molecule has 1 aliphatic rings. The fourth-order valence-corrected chi connectivity index (χ4v) is 4.63. The highest BCUT2D eigenvalue weighted by Crippen LogP contribution is 2.38. The molecule has 3 aromatic rings. The van der Waals surface area contributed by atoms with Gasteiger partial charge in [-0.05, 0) is 42.2 Å². The summed E-state index contributed by atoms with van der Waals surface area (Å²) in [4.78, 5) is 15.1. The molecule has 1 aliphatic heterocycles. The van der Waals surface area contributed by atoms with E-state index in [1.54, 1.807) is 33.5 Å². The van der Waals surface area contributed by atoms with Crippen LogP contribution in [0, 0.1) is 5.92 Å². The van der Waals surface area contributed by atoms with Crippen molar-refractivity contribution < 1.29 is 23.4 Å². The molecule has 0 saturated heterocycles. The molecule has 0 saturated carbocycles. The number of hydrogen-bond donors (Lipinski definition) is 1. The van der Waals surface area contributed by atoms with E-state index in [0.717, 1.165) is 56.2 Å². The normalized spacial score (nSPS) is 14.7. The van der Waals surface area contributed by atoms with Gasteiger partial charge in [0.1, 0.15) is 5.82 Å². The van der Waals surface area contributed by atoms with Crippen LogP contribution in [0.4, 0.5) is 0 Å². The van der Waals surface area contributed by atoms with Crippen LogP contribution in [-0.2, 0) is 19.5 Å². The van der Waals surface area contributed by atoms with E-state index in [9.17, 15) is 4.79 Å². The van der Waals surface area contributed by atoms with Crippen LogP contribution in [0.3, 0.4) is 0 Å². The predicted molar refractivity (Wildman–Crippen MR) is 133 cm³/mol. The first kappa shape index (κ1) is 25.6. The summed E-state index contributed by atoms with van der Waals surface area (Å²) in [6.07, 6.45) is 3.01. The fraction of sp³-hybridized carbons (Fsp3) is 0.500. The summed E-state index contributed by atoms with van der Waals surface area (Å²) >= 11 is 0. The SMILES string of the molecule is COc1cc(CN2CCc3nnc(C(CC(C)C)NC(=O)c4ccco4)n3CC2)cc(OC)c1OC. The highest BCUT2D eigenvalue weighted by molar-refractivity contribution is 5.91. The fourth-order valence-electron chi connectivity index (χ4n) is 4.63. The number of carbonyl (C=O) groups is 1. The molecule has 10 heteroatoms. The molecule has 3 heterocycles. The quantitative estimate of drug-likeness (QED) is 0.454. The van der Waals surface area contributed by atoms with Gasteiger partial charge in [0.2, 0.25) is 5.75 Å². The lowest BCUT2D eigenvalue weighted by molar-refractivity contribution is 0.0900. The van der Waals surface area contributed by atoms with Crippen LogP contribution in [-0.4, -0.2) is 60.0 Å². The minimum atomic E-state index is -0.259. The molecule has 194 valence electrons. The van der Waals surface area contributed by atoms with Gasteiger partial charge in [-0.25, -0.2) is 0 Å². The van der Waals surface area contributed by atoms with Crippen LogP contribution in [0.1, 0.15) is 54.1 Å². The van der Waals surface area contributed by atoms with Crippen LogP contribution in [0.25, 0.3) is 0 Å². The lowest BCUT2D eigenvalue weighted by Gasteiger charge is -2.22. The number of nitrogens with one attached hydrogen (secondary N) is 1. The Morgan fingerprint density at radius 1 is 1.08 bits per heavy atom. The molecule has 10 nitrogen and oxygen atoms in total. The number of nitrogens with zero attached hydrogens (tertiary/aromatic N) is 4. The van der Waals surface area contributed by atoms with E-state index in [4.69, 9.17) is 18.6 Å². The Kier molecular flexibility index (Phi) is 8.14. The van der Waals surface area contributed by atoms with Crippen molar-refractivity contribution in [1.82, 2.24) is 25.0 Å². The van der Waals surface area contributed by atoms with E-state index in [-0.39, 0.29) is 17.7 Å². The first-order valence-corrected chi connectivity index (χ1v) is 12.2. The van der Waals surface area contributed by atoms with Crippen molar-refractivity contribution in [3.8, 4) is 17.2 Å². The lowest BCUT2D eigenvalue weighted by Crippen LogP contribution is -2.32. The minimum absolute atomic E-state index is 0.249. The van der Waals surface area contributed by atoms with Crippen molar-refractivity contribution in [3.05, 3.63) is 53.5 Å². The first-order chi connectivity index (χ1) is 17.4. The number of aromatic nitrogens is 3. The highest BCUT2D eigenvalue weighted by Gasteiger charge is 2.27. The van der Waals surface area contributed by atoms with Gasteiger partial charge in [0.05, 0.1) is 33.6 Å². The van der Waals surface area contributed by atoms with Gasteiger partial charge < -0.3 is 28.5 Å². The Hall–Kier alpha value is -3.53. The van der Waals surface area contributed by atoms with Gasteiger partial charge in [-0.15, -0.1) is 10.2 Å². The van der Waals surface area contributed by atoms with E-state index in [1.165, 1.54) is 6.26 Å². The van der Waals surface area contributed by atoms with Crippen molar-refractivity contribution in [3.63, 3.8) is 0 Å². The number of hydrogen-bond acceptors (Lipinski definition) is 8. The molecule has 2 aromatic heterocycles. The molecule has 1 unspecified atom stereocenters. The van der Waals surface area contributed by atoms with Crippen LogP contribution in [0.15, 0.2) is 34.9 Å². The van der Waals surface area contributed by atoms with Crippen molar-refractivity contribution in [2.45, 2.75) is 45.8 Å². The second-order valence-corrected chi connectivity index (χ2v) is 9.32. The first-order valence-electron chi connectivity index (χ1n) is 12.2. The van der Waals surface area contributed by atoms with Crippen LogP contribution < -0.4 is 19.5 Å². The summed E-state index contributed by atoms with van der Waals surface area (Å²) in [7, 11) is 4.85.